The number of carbonyl (C=O) groups excluding carboxylic acids is 1. The van der Waals surface area contributed by atoms with Crippen LogP contribution in [0.2, 0.25) is 5.02 Å². The molecule has 27 heavy (non-hydrogen) atoms. The van der Waals surface area contributed by atoms with Crippen LogP contribution in [0.25, 0.3) is 0 Å². The maximum Gasteiger partial charge on any atom is 0.220 e. The first-order valence-corrected chi connectivity index (χ1v) is 10.1. The number of benzene rings is 1. The van der Waals surface area contributed by atoms with Gasteiger partial charge in [0.05, 0.1) is 19.8 Å². The van der Waals surface area contributed by atoms with E-state index in [9.17, 15) is 4.79 Å². The summed E-state index contributed by atoms with van der Waals surface area (Å²) in [4.78, 5) is 18.5. The van der Waals surface area contributed by atoms with Gasteiger partial charge in [0, 0.05) is 38.1 Å². The summed E-state index contributed by atoms with van der Waals surface area (Å²) < 4.78 is 5.71. The number of amides is 1. The largest absolute Gasteiger partial charge is 0.375 e. The molecule has 1 aromatic carbocycles. The highest BCUT2D eigenvalue weighted by Crippen LogP contribution is 2.20. The normalized spacial score (nSPS) is 15.7. The van der Waals surface area contributed by atoms with Crippen LogP contribution in [-0.4, -0.2) is 56.6 Å². The Morgan fingerprint density at radius 3 is 2.81 bits per heavy atom. The molecule has 0 saturated carbocycles. The van der Waals surface area contributed by atoms with E-state index < -0.39 is 0 Å². The molecule has 1 heterocycles. The number of carbonyl (C=O) groups is 1. The minimum absolute atomic E-state index is 0.130. The van der Waals surface area contributed by atoms with Crippen molar-refractivity contribution in [1.29, 1.82) is 0 Å². The van der Waals surface area contributed by atoms with Gasteiger partial charge in [-0.15, -0.1) is 0 Å². The molecule has 1 aromatic rings. The third-order valence-corrected chi connectivity index (χ3v) is 4.89. The van der Waals surface area contributed by atoms with Gasteiger partial charge < -0.3 is 20.3 Å². The van der Waals surface area contributed by atoms with Crippen molar-refractivity contribution in [3.8, 4) is 0 Å². The van der Waals surface area contributed by atoms with Crippen LogP contribution in [0, 0.1) is 5.92 Å². The number of nitrogens with zero attached hydrogens (tertiary/aromatic N) is 2. The van der Waals surface area contributed by atoms with Crippen LogP contribution in [0.1, 0.15) is 31.7 Å². The summed E-state index contributed by atoms with van der Waals surface area (Å²) in [6.07, 6.45) is 2.65. The molecule has 1 aliphatic rings. The number of guanidine groups is 1. The van der Waals surface area contributed by atoms with E-state index in [0.717, 1.165) is 49.0 Å². The van der Waals surface area contributed by atoms with Crippen molar-refractivity contribution < 1.29 is 9.53 Å². The molecule has 2 rings (SSSR count). The molecule has 0 radical (unpaired) electrons. The van der Waals surface area contributed by atoms with Gasteiger partial charge in [0.2, 0.25) is 5.91 Å². The molecule has 0 aromatic heterocycles. The average molecular weight is 395 g/mol. The van der Waals surface area contributed by atoms with Crippen LogP contribution < -0.4 is 10.6 Å². The number of aliphatic imine (C=N–C) groups is 1. The van der Waals surface area contributed by atoms with Gasteiger partial charge in [0.25, 0.3) is 0 Å². The van der Waals surface area contributed by atoms with E-state index in [1.54, 1.807) is 7.05 Å². The lowest BCUT2D eigenvalue weighted by Crippen LogP contribution is -2.46. The number of ether oxygens (including phenoxy) is 1. The van der Waals surface area contributed by atoms with Crippen molar-refractivity contribution in [2.24, 2.45) is 10.9 Å². The summed E-state index contributed by atoms with van der Waals surface area (Å²) in [5.74, 6) is 1.53. The number of halogens is 1. The van der Waals surface area contributed by atoms with Crippen LogP contribution in [0.5, 0.6) is 0 Å². The summed E-state index contributed by atoms with van der Waals surface area (Å²) in [5.41, 5.74) is 1.07. The molecule has 1 fully saturated rings. The van der Waals surface area contributed by atoms with E-state index in [-0.39, 0.29) is 5.91 Å². The molecule has 0 atom stereocenters. The number of hydrogen-bond donors (Lipinski definition) is 2. The average Bonchev–Trinajstić information content (AvgIpc) is 2.67. The minimum Gasteiger partial charge on any atom is -0.375 e. The highest BCUT2D eigenvalue weighted by molar-refractivity contribution is 6.30. The van der Waals surface area contributed by atoms with Gasteiger partial charge in [-0.3, -0.25) is 9.79 Å². The number of nitrogens with one attached hydrogen (secondary N) is 2. The van der Waals surface area contributed by atoms with Crippen LogP contribution >= 0.6 is 11.6 Å². The van der Waals surface area contributed by atoms with Crippen molar-refractivity contribution >= 4 is 23.5 Å². The molecule has 1 aliphatic heterocycles. The fraction of sp³-hybridized carbons (Fsp3) is 0.600. The van der Waals surface area contributed by atoms with E-state index in [1.807, 2.05) is 24.3 Å². The fourth-order valence-electron chi connectivity index (χ4n) is 3.17. The fourth-order valence-corrected chi connectivity index (χ4v) is 3.38. The van der Waals surface area contributed by atoms with Crippen molar-refractivity contribution in [2.75, 3.05) is 39.8 Å². The molecule has 7 heteroatoms. The molecular formula is C20H31ClN4O2. The lowest BCUT2D eigenvalue weighted by atomic mass is 9.93. The molecule has 2 N–H and O–H groups in total. The van der Waals surface area contributed by atoms with E-state index in [1.165, 1.54) is 0 Å². The van der Waals surface area contributed by atoms with Gasteiger partial charge >= 0.3 is 0 Å². The zero-order valence-electron chi connectivity index (χ0n) is 16.3. The molecule has 0 bridgehead atoms. The number of hydrogen-bond acceptors (Lipinski definition) is 3. The van der Waals surface area contributed by atoms with Gasteiger partial charge in [-0.1, -0.05) is 23.7 Å². The Morgan fingerprint density at radius 2 is 2.15 bits per heavy atom. The second-order valence-corrected chi connectivity index (χ2v) is 7.16. The topological polar surface area (TPSA) is 66.0 Å². The Hall–Kier alpha value is -1.79. The first-order valence-electron chi connectivity index (χ1n) is 9.68. The third-order valence-electron chi connectivity index (χ3n) is 4.66. The highest BCUT2D eigenvalue weighted by atomic mass is 35.5. The lowest BCUT2D eigenvalue weighted by molar-refractivity contribution is -0.121. The molecule has 1 amide bonds. The molecule has 6 nitrogen and oxygen atoms in total. The van der Waals surface area contributed by atoms with Crippen LogP contribution in [0.3, 0.4) is 0 Å². The van der Waals surface area contributed by atoms with Crippen molar-refractivity contribution in [1.82, 2.24) is 15.5 Å². The van der Waals surface area contributed by atoms with Gasteiger partial charge in [0.1, 0.15) is 0 Å². The molecule has 150 valence electrons. The first kappa shape index (κ1) is 21.5. The second kappa shape index (κ2) is 11.8. The van der Waals surface area contributed by atoms with Crippen LogP contribution in [0.15, 0.2) is 29.3 Å². The quantitative estimate of drug-likeness (QED) is 0.404. The highest BCUT2D eigenvalue weighted by Gasteiger charge is 2.22. The molecule has 0 spiro atoms. The minimum atomic E-state index is 0.130. The van der Waals surface area contributed by atoms with Crippen LogP contribution in [-0.2, 0) is 16.1 Å². The van der Waals surface area contributed by atoms with Crippen LogP contribution in [0.4, 0.5) is 0 Å². The maximum atomic E-state index is 11.5. The molecular weight excluding hydrogens is 364 g/mol. The summed E-state index contributed by atoms with van der Waals surface area (Å²) in [6.45, 7) is 6.48. The van der Waals surface area contributed by atoms with Gasteiger partial charge in [-0.25, -0.2) is 0 Å². The van der Waals surface area contributed by atoms with Crippen molar-refractivity contribution in [3.63, 3.8) is 0 Å². The second-order valence-electron chi connectivity index (χ2n) is 6.73. The maximum absolute atomic E-state index is 11.5. The van der Waals surface area contributed by atoms with Gasteiger partial charge in [0.15, 0.2) is 5.96 Å². The number of piperidine rings is 1. The number of likely N-dealkylation sites (tertiary alicyclic amines) is 1. The Bertz CT molecular complexity index is 616. The summed E-state index contributed by atoms with van der Waals surface area (Å²) in [5, 5.41) is 6.80. The molecule has 0 unspecified atom stereocenters. The zero-order chi connectivity index (χ0) is 19.5. The lowest BCUT2D eigenvalue weighted by Gasteiger charge is -2.34. The predicted molar refractivity (Wildman–Crippen MR) is 110 cm³/mol. The summed E-state index contributed by atoms with van der Waals surface area (Å²) >= 11 is 5.98. The molecule has 0 aliphatic carbocycles. The first-order chi connectivity index (χ1) is 13.1. The number of rotatable bonds is 8. The summed E-state index contributed by atoms with van der Waals surface area (Å²) in [6, 6.07) is 7.70. The summed E-state index contributed by atoms with van der Waals surface area (Å²) in [7, 11) is 1.70. The van der Waals surface area contributed by atoms with E-state index >= 15 is 0 Å². The smallest absolute Gasteiger partial charge is 0.220 e. The zero-order valence-corrected chi connectivity index (χ0v) is 17.1. The monoisotopic (exact) mass is 394 g/mol. The standard InChI is InChI=1S/C20H31ClN4O2/c1-3-23-20(25-10-7-16(8-11-25)14-19(26)22-2)24-9-12-27-15-17-5-4-6-18(21)13-17/h4-6,13,16H,3,7-12,14-15H2,1-2H3,(H,22,26)(H,23,24). The Kier molecular flexibility index (Phi) is 9.42. The van der Waals surface area contributed by atoms with Gasteiger partial charge in [-0.05, 0) is 43.4 Å². The van der Waals surface area contributed by atoms with Crippen molar-refractivity contribution in [2.45, 2.75) is 32.8 Å². The van der Waals surface area contributed by atoms with E-state index in [0.29, 0.717) is 32.1 Å². The van der Waals surface area contributed by atoms with Crippen molar-refractivity contribution in [3.05, 3.63) is 34.9 Å². The third kappa shape index (κ3) is 7.77. The SMILES string of the molecule is CCNC(=NCCOCc1cccc(Cl)c1)N1CCC(CC(=O)NC)CC1. The van der Waals surface area contributed by atoms with Gasteiger partial charge in [-0.2, -0.15) is 0 Å². The Labute approximate surface area is 167 Å². The Balaban J connectivity index is 1.74. The predicted octanol–water partition coefficient (Wildman–Crippen LogP) is 2.67. The van der Waals surface area contributed by atoms with E-state index in [4.69, 9.17) is 16.3 Å². The van der Waals surface area contributed by atoms with E-state index in [2.05, 4.69) is 27.4 Å². The Morgan fingerprint density at radius 1 is 1.37 bits per heavy atom. The molecule has 1 saturated heterocycles.